The van der Waals surface area contributed by atoms with Crippen LogP contribution in [-0.2, 0) is 4.74 Å². The number of anilines is 1. The second-order valence-electron chi connectivity index (χ2n) is 4.35. The van der Waals surface area contributed by atoms with Gasteiger partial charge in [-0.1, -0.05) is 12.1 Å². The predicted octanol–water partition coefficient (Wildman–Crippen LogP) is 2.24. The molecule has 5 nitrogen and oxygen atoms in total. The van der Waals surface area contributed by atoms with Crippen LogP contribution in [0.2, 0.25) is 0 Å². The van der Waals surface area contributed by atoms with E-state index in [-0.39, 0.29) is 6.03 Å². The molecule has 0 aliphatic heterocycles. The zero-order valence-corrected chi connectivity index (χ0v) is 11.7. The summed E-state index contributed by atoms with van der Waals surface area (Å²) in [6.07, 6.45) is -0.549. The molecule has 1 unspecified atom stereocenters. The van der Waals surface area contributed by atoms with Gasteiger partial charge in [0.25, 0.3) is 0 Å². The summed E-state index contributed by atoms with van der Waals surface area (Å²) in [5.41, 5.74) is 1.45. The Bertz CT molecular complexity index is 407. The maximum absolute atomic E-state index is 11.9. The average molecular weight is 266 g/mol. The number of carbonyl (C=O) groups is 1. The molecule has 5 heteroatoms. The quantitative estimate of drug-likeness (QED) is 0.776. The van der Waals surface area contributed by atoms with Crippen LogP contribution in [0.5, 0.6) is 0 Å². The van der Waals surface area contributed by atoms with Crippen molar-refractivity contribution in [2.24, 2.45) is 0 Å². The van der Waals surface area contributed by atoms with E-state index in [1.54, 1.807) is 37.1 Å². The molecular formula is C14H22N2O3. The smallest absolute Gasteiger partial charge is 0.321 e. The van der Waals surface area contributed by atoms with Gasteiger partial charge in [0.05, 0.1) is 12.7 Å². The van der Waals surface area contributed by atoms with Crippen molar-refractivity contribution in [3.05, 3.63) is 29.8 Å². The molecule has 1 rings (SSSR count). The lowest BCUT2D eigenvalue weighted by Crippen LogP contribution is -2.34. The Morgan fingerprint density at radius 3 is 2.89 bits per heavy atom. The van der Waals surface area contributed by atoms with Gasteiger partial charge in [-0.3, -0.25) is 0 Å². The van der Waals surface area contributed by atoms with Gasteiger partial charge in [-0.05, 0) is 31.5 Å². The first-order valence-electron chi connectivity index (χ1n) is 6.42. The fraction of sp³-hybridized carbons (Fsp3) is 0.500. The number of amides is 2. The molecule has 19 heavy (non-hydrogen) atoms. The van der Waals surface area contributed by atoms with Gasteiger partial charge >= 0.3 is 6.03 Å². The van der Waals surface area contributed by atoms with Gasteiger partial charge in [0, 0.05) is 25.9 Å². The summed E-state index contributed by atoms with van der Waals surface area (Å²) in [6.45, 7) is 5.31. The first-order valence-corrected chi connectivity index (χ1v) is 6.42. The topological polar surface area (TPSA) is 61.8 Å². The number of hydrogen-bond donors (Lipinski definition) is 2. The van der Waals surface area contributed by atoms with Crippen molar-refractivity contribution in [1.82, 2.24) is 4.90 Å². The van der Waals surface area contributed by atoms with Gasteiger partial charge in [0.15, 0.2) is 0 Å². The number of nitrogens with one attached hydrogen (secondary N) is 1. The maximum Gasteiger partial charge on any atom is 0.321 e. The minimum atomic E-state index is -0.549. The lowest BCUT2D eigenvalue weighted by Gasteiger charge is -2.18. The minimum absolute atomic E-state index is 0.192. The Hall–Kier alpha value is -1.59. The molecule has 0 aliphatic carbocycles. The van der Waals surface area contributed by atoms with Crippen molar-refractivity contribution in [2.45, 2.75) is 20.0 Å². The van der Waals surface area contributed by atoms with E-state index in [1.807, 2.05) is 13.0 Å². The summed E-state index contributed by atoms with van der Waals surface area (Å²) < 4.78 is 5.20. The number of nitrogens with zero attached hydrogens (tertiary/aromatic N) is 1. The van der Waals surface area contributed by atoms with E-state index in [2.05, 4.69) is 5.32 Å². The SMILES string of the molecule is CCOCCN(C)C(=O)Nc1cccc(C(C)O)c1. The van der Waals surface area contributed by atoms with Gasteiger partial charge in [-0.15, -0.1) is 0 Å². The van der Waals surface area contributed by atoms with Crippen LogP contribution in [0.1, 0.15) is 25.5 Å². The molecule has 1 aromatic rings. The molecule has 1 atom stereocenters. The molecule has 0 heterocycles. The molecule has 0 fully saturated rings. The number of ether oxygens (including phenoxy) is 1. The maximum atomic E-state index is 11.9. The summed E-state index contributed by atoms with van der Waals surface area (Å²) in [7, 11) is 1.72. The molecule has 0 spiro atoms. The van der Waals surface area contributed by atoms with Crippen LogP contribution in [-0.4, -0.2) is 42.8 Å². The van der Waals surface area contributed by atoms with Crippen LogP contribution in [0.25, 0.3) is 0 Å². The first-order chi connectivity index (χ1) is 9.04. The number of urea groups is 1. The molecule has 106 valence electrons. The zero-order valence-electron chi connectivity index (χ0n) is 11.7. The molecule has 0 aromatic heterocycles. The fourth-order valence-electron chi connectivity index (χ4n) is 1.54. The minimum Gasteiger partial charge on any atom is -0.389 e. The molecule has 1 aromatic carbocycles. The molecule has 0 bridgehead atoms. The number of benzene rings is 1. The largest absolute Gasteiger partial charge is 0.389 e. The molecule has 0 aliphatic rings. The van der Waals surface area contributed by atoms with Crippen LogP contribution in [0.15, 0.2) is 24.3 Å². The Balaban J connectivity index is 2.54. The van der Waals surface area contributed by atoms with Crippen molar-refractivity contribution < 1.29 is 14.6 Å². The summed E-state index contributed by atoms with van der Waals surface area (Å²) in [6, 6.07) is 6.98. The van der Waals surface area contributed by atoms with E-state index in [9.17, 15) is 9.90 Å². The fourth-order valence-corrected chi connectivity index (χ4v) is 1.54. The Morgan fingerprint density at radius 2 is 2.26 bits per heavy atom. The highest BCUT2D eigenvalue weighted by Gasteiger charge is 2.09. The highest BCUT2D eigenvalue weighted by molar-refractivity contribution is 5.89. The molecule has 2 N–H and O–H groups in total. The second kappa shape index (κ2) is 7.76. The van der Waals surface area contributed by atoms with Gasteiger partial charge in [0.2, 0.25) is 0 Å². The van der Waals surface area contributed by atoms with E-state index >= 15 is 0 Å². The zero-order chi connectivity index (χ0) is 14.3. The third-order valence-corrected chi connectivity index (χ3v) is 2.74. The van der Waals surface area contributed by atoms with Crippen molar-refractivity contribution >= 4 is 11.7 Å². The predicted molar refractivity (Wildman–Crippen MR) is 75.2 cm³/mol. The van der Waals surface area contributed by atoms with E-state index < -0.39 is 6.10 Å². The normalized spacial score (nSPS) is 12.0. The van der Waals surface area contributed by atoms with Crippen molar-refractivity contribution in [2.75, 3.05) is 32.1 Å². The van der Waals surface area contributed by atoms with Crippen LogP contribution in [0, 0.1) is 0 Å². The molecular weight excluding hydrogens is 244 g/mol. The van der Waals surface area contributed by atoms with Crippen LogP contribution < -0.4 is 5.32 Å². The summed E-state index contributed by atoms with van der Waals surface area (Å²) >= 11 is 0. The number of hydrogen-bond acceptors (Lipinski definition) is 3. The highest BCUT2D eigenvalue weighted by Crippen LogP contribution is 2.17. The van der Waals surface area contributed by atoms with Crippen molar-refractivity contribution in [3.8, 4) is 0 Å². The highest BCUT2D eigenvalue weighted by atomic mass is 16.5. The van der Waals surface area contributed by atoms with Gasteiger partial charge < -0.3 is 20.1 Å². The molecule has 0 saturated heterocycles. The monoisotopic (exact) mass is 266 g/mol. The summed E-state index contributed by atoms with van der Waals surface area (Å²) in [5, 5.41) is 12.3. The Labute approximate surface area is 114 Å². The van der Waals surface area contributed by atoms with Crippen LogP contribution in [0.3, 0.4) is 0 Å². The molecule has 0 saturated carbocycles. The van der Waals surface area contributed by atoms with E-state index in [0.29, 0.717) is 25.4 Å². The number of carbonyl (C=O) groups excluding carboxylic acids is 1. The third-order valence-electron chi connectivity index (χ3n) is 2.74. The number of aliphatic hydroxyl groups excluding tert-OH is 1. The standard InChI is InChI=1S/C14H22N2O3/c1-4-19-9-8-16(3)14(18)15-13-7-5-6-12(10-13)11(2)17/h5-7,10-11,17H,4,8-9H2,1-3H3,(H,15,18). The average Bonchev–Trinajstić information content (AvgIpc) is 2.39. The number of rotatable bonds is 6. The Morgan fingerprint density at radius 1 is 1.53 bits per heavy atom. The number of aliphatic hydroxyl groups is 1. The van der Waals surface area contributed by atoms with E-state index in [0.717, 1.165) is 5.56 Å². The van der Waals surface area contributed by atoms with E-state index in [4.69, 9.17) is 4.74 Å². The lowest BCUT2D eigenvalue weighted by molar-refractivity contribution is 0.128. The Kier molecular flexibility index (Phi) is 6.32. The number of likely N-dealkylation sites (N-methyl/N-ethyl adjacent to an activating group) is 1. The first kappa shape index (κ1) is 15.5. The van der Waals surface area contributed by atoms with Crippen LogP contribution >= 0.6 is 0 Å². The van der Waals surface area contributed by atoms with Crippen molar-refractivity contribution in [3.63, 3.8) is 0 Å². The van der Waals surface area contributed by atoms with Gasteiger partial charge in [-0.25, -0.2) is 4.79 Å². The van der Waals surface area contributed by atoms with Gasteiger partial charge in [-0.2, -0.15) is 0 Å². The lowest BCUT2D eigenvalue weighted by atomic mass is 10.1. The third kappa shape index (κ3) is 5.28. The summed E-state index contributed by atoms with van der Waals surface area (Å²) in [4.78, 5) is 13.4. The second-order valence-corrected chi connectivity index (χ2v) is 4.35. The molecule has 2 amide bonds. The van der Waals surface area contributed by atoms with Crippen molar-refractivity contribution in [1.29, 1.82) is 0 Å². The van der Waals surface area contributed by atoms with Gasteiger partial charge in [0.1, 0.15) is 0 Å². The summed E-state index contributed by atoms with van der Waals surface area (Å²) in [5.74, 6) is 0. The van der Waals surface area contributed by atoms with E-state index in [1.165, 1.54) is 0 Å². The van der Waals surface area contributed by atoms with Crippen LogP contribution in [0.4, 0.5) is 10.5 Å². The molecule has 0 radical (unpaired) electrons.